The highest BCUT2D eigenvalue weighted by atomic mass is 16.5. The molecule has 2 aliphatic heterocycles. The van der Waals surface area contributed by atoms with Gasteiger partial charge in [0.1, 0.15) is 0 Å². The third-order valence-corrected chi connectivity index (χ3v) is 5.41. The fourth-order valence-electron chi connectivity index (χ4n) is 3.83. The summed E-state index contributed by atoms with van der Waals surface area (Å²) in [7, 11) is 0. The number of benzene rings is 2. The highest BCUT2D eigenvalue weighted by molar-refractivity contribution is 6.22. The van der Waals surface area contributed by atoms with Crippen molar-refractivity contribution in [3.8, 4) is 0 Å². The fraction of sp³-hybridized carbons (Fsp3) is 0.348. The van der Waals surface area contributed by atoms with Gasteiger partial charge >= 0.3 is 0 Å². The van der Waals surface area contributed by atoms with E-state index in [1.807, 2.05) is 18.2 Å². The Balaban J connectivity index is 1.35. The van der Waals surface area contributed by atoms with Crippen LogP contribution in [-0.4, -0.2) is 48.4 Å². The van der Waals surface area contributed by atoms with Crippen molar-refractivity contribution in [1.82, 2.24) is 10.2 Å². The lowest BCUT2D eigenvalue weighted by Gasteiger charge is -2.17. The predicted molar refractivity (Wildman–Crippen MR) is 108 cm³/mol. The molecule has 1 unspecified atom stereocenters. The standard InChI is InChI=1S/C23H24N2O4/c26-21(24-12-4-8-16-6-2-1-3-7-16)17-10-11-19-20(14-17)23(28)25(22(19)27)15-18-9-5-13-29-18/h1-3,6-7,10-11,14,18H,4-5,8-9,12-13,15H2,(H,24,26). The summed E-state index contributed by atoms with van der Waals surface area (Å²) in [6.45, 7) is 1.48. The molecule has 6 heteroatoms. The van der Waals surface area contributed by atoms with Crippen molar-refractivity contribution in [3.05, 3.63) is 70.8 Å². The molecule has 6 nitrogen and oxygen atoms in total. The van der Waals surface area contributed by atoms with Crippen LogP contribution in [0.15, 0.2) is 48.5 Å². The summed E-state index contributed by atoms with van der Waals surface area (Å²) < 4.78 is 5.55. The normalized spacial score (nSPS) is 18.2. The van der Waals surface area contributed by atoms with Gasteiger partial charge in [0.15, 0.2) is 0 Å². The number of carbonyl (C=O) groups is 3. The second kappa shape index (κ2) is 8.57. The largest absolute Gasteiger partial charge is 0.376 e. The van der Waals surface area contributed by atoms with E-state index in [4.69, 9.17) is 4.74 Å². The van der Waals surface area contributed by atoms with E-state index in [0.29, 0.717) is 29.8 Å². The second-order valence-corrected chi connectivity index (χ2v) is 7.46. The van der Waals surface area contributed by atoms with Crippen LogP contribution in [0.4, 0.5) is 0 Å². The van der Waals surface area contributed by atoms with E-state index in [0.717, 1.165) is 25.7 Å². The van der Waals surface area contributed by atoms with Crippen molar-refractivity contribution in [2.75, 3.05) is 19.7 Å². The van der Waals surface area contributed by atoms with Gasteiger partial charge in [0, 0.05) is 18.7 Å². The van der Waals surface area contributed by atoms with E-state index >= 15 is 0 Å². The molecule has 1 fully saturated rings. The Labute approximate surface area is 169 Å². The summed E-state index contributed by atoms with van der Waals surface area (Å²) in [6.07, 6.45) is 3.42. The van der Waals surface area contributed by atoms with E-state index in [2.05, 4.69) is 17.4 Å². The second-order valence-electron chi connectivity index (χ2n) is 7.46. The molecular weight excluding hydrogens is 368 g/mol. The zero-order chi connectivity index (χ0) is 20.2. The first kappa shape index (κ1) is 19.3. The molecule has 150 valence electrons. The van der Waals surface area contributed by atoms with Gasteiger partial charge in [-0.2, -0.15) is 0 Å². The molecule has 0 bridgehead atoms. The van der Waals surface area contributed by atoms with Crippen LogP contribution in [0.1, 0.15) is 55.9 Å². The summed E-state index contributed by atoms with van der Waals surface area (Å²) in [5, 5.41) is 2.89. The lowest BCUT2D eigenvalue weighted by molar-refractivity contribution is 0.0475. The first-order valence-corrected chi connectivity index (χ1v) is 10.1. The molecule has 0 aromatic heterocycles. The highest BCUT2D eigenvalue weighted by Gasteiger charge is 2.37. The number of nitrogens with one attached hydrogen (secondary N) is 1. The average molecular weight is 392 g/mol. The Hall–Kier alpha value is -2.99. The Kier molecular flexibility index (Phi) is 5.71. The summed E-state index contributed by atoms with van der Waals surface area (Å²) in [4.78, 5) is 39.0. The Morgan fingerprint density at radius 1 is 1.07 bits per heavy atom. The van der Waals surface area contributed by atoms with Crippen LogP contribution in [0.25, 0.3) is 0 Å². The van der Waals surface area contributed by atoms with Crippen molar-refractivity contribution < 1.29 is 19.1 Å². The van der Waals surface area contributed by atoms with Gasteiger partial charge < -0.3 is 10.1 Å². The lowest BCUT2D eigenvalue weighted by Crippen LogP contribution is -2.36. The van der Waals surface area contributed by atoms with Gasteiger partial charge in [0.2, 0.25) is 0 Å². The lowest BCUT2D eigenvalue weighted by atomic mass is 10.1. The van der Waals surface area contributed by atoms with Crippen molar-refractivity contribution in [2.45, 2.75) is 31.8 Å². The van der Waals surface area contributed by atoms with Crippen LogP contribution in [0.3, 0.4) is 0 Å². The van der Waals surface area contributed by atoms with Gasteiger partial charge in [0.05, 0.1) is 23.8 Å². The third-order valence-electron chi connectivity index (χ3n) is 5.41. The number of aryl methyl sites for hydroxylation is 1. The van der Waals surface area contributed by atoms with Gasteiger partial charge in [-0.15, -0.1) is 0 Å². The van der Waals surface area contributed by atoms with Gasteiger partial charge in [-0.25, -0.2) is 0 Å². The zero-order valence-electron chi connectivity index (χ0n) is 16.2. The smallest absolute Gasteiger partial charge is 0.261 e. The first-order valence-electron chi connectivity index (χ1n) is 10.1. The van der Waals surface area contributed by atoms with Gasteiger partial charge in [-0.1, -0.05) is 30.3 Å². The molecule has 1 saturated heterocycles. The maximum Gasteiger partial charge on any atom is 0.261 e. The Morgan fingerprint density at radius 2 is 1.86 bits per heavy atom. The number of amides is 3. The minimum Gasteiger partial charge on any atom is -0.376 e. The van der Waals surface area contributed by atoms with E-state index in [9.17, 15) is 14.4 Å². The quantitative estimate of drug-likeness (QED) is 0.581. The molecule has 29 heavy (non-hydrogen) atoms. The summed E-state index contributed by atoms with van der Waals surface area (Å²) in [5.41, 5.74) is 2.27. The number of rotatable bonds is 7. The molecular formula is C23H24N2O4. The monoisotopic (exact) mass is 392 g/mol. The zero-order valence-corrected chi connectivity index (χ0v) is 16.2. The molecule has 2 aromatic carbocycles. The van der Waals surface area contributed by atoms with Crippen molar-refractivity contribution >= 4 is 17.7 Å². The predicted octanol–water partition coefficient (Wildman–Crippen LogP) is 2.82. The number of hydrogen-bond donors (Lipinski definition) is 1. The summed E-state index contributed by atoms with van der Waals surface area (Å²) in [6, 6.07) is 14.8. The molecule has 3 amide bonds. The fourth-order valence-corrected chi connectivity index (χ4v) is 3.83. The SMILES string of the molecule is O=C(NCCCc1ccccc1)c1ccc2c(c1)C(=O)N(CC1CCCO1)C2=O. The molecule has 1 atom stereocenters. The van der Waals surface area contributed by atoms with Crippen molar-refractivity contribution in [3.63, 3.8) is 0 Å². The van der Waals surface area contributed by atoms with Gasteiger partial charge in [-0.05, 0) is 49.4 Å². The maximum absolute atomic E-state index is 12.7. The molecule has 2 aromatic rings. The minimum absolute atomic E-state index is 0.0930. The summed E-state index contributed by atoms with van der Waals surface area (Å²) in [5.74, 6) is -0.895. The molecule has 0 aliphatic carbocycles. The number of imide groups is 1. The van der Waals surface area contributed by atoms with E-state index < -0.39 is 0 Å². The van der Waals surface area contributed by atoms with Gasteiger partial charge in [-0.3, -0.25) is 19.3 Å². The number of fused-ring (bicyclic) bond motifs is 1. The van der Waals surface area contributed by atoms with E-state index in [-0.39, 0.29) is 30.4 Å². The first-order chi connectivity index (χ1) is 14.1. The number of nitrogens with zero attached hydrogens (tertiary/aromatic N) is 1. The molecule has 2 aliphatic rings. The van der Waals surface area contributed by atoms with Crippen LogP contribution < -0.4 is 5.32 Å². The van der Waals surface area contributed by atoms with E-state index in [1.54, 1.807) is 12.1 Å². The number of carbonyl (C=O) groups excluding carboxylic acids is 3. The molecule has 0 spiro atoms. The minimum atomic E-state index is -0.348. The Morgan fingerprint density at radius 3 is 2.62 bits per heavy atom. The topological polar surface area (TPSA) is 75.7 Å². The molecule has 2 heterocycles. The molecule has 0 radical (unpaired) electrons. The maximum atomic E-state index is 12.7. The Bertz CT molecular complexity index is 920. The van der Waals surface area contributed by atoms with Crippen LogP contribution in [0.5, 0.6) is 0 Å². The molecule has 0 saturated carbocycles. The molecule has 1 N–H and O–H groups in total. The number of hydrogen-bond acceptors (Lipinski definition) is 4. The summed E-state index contributed by atoms with van der Waals surface area (Å²) >= 11 is 0. The van der Waals surface area contributed by atoms with Crippen molar-refractivity contribution in [2.24, 2.45) is 0 Å². The molecule has 4 rings (SSSR count). The van der Waals surface area contributed by atoms with Gasteiger partial charge in [0.25, 0.3) is 17.7 Å². The van der Waals surface area contributed by atoms with Crippen LogP contribution in [-0.2, 0) is 11.2 Å². The third kappa shape index (κ3) is 4.22. The van der Waals surface area contributed by atoms with Crippen LogP contribution in [0, 0.1) is 0 Å². The van der Waals surface area contributed by atoms with E-state index in [1.165, 1.54) is 16.5 Å². The highest BCUT2D eigenvalue weighted by Crippen LogP contribution is 2.26. The average Bonchev–Trinajstić information content (AvgIpc) is 3.35. The van der Waals surface area contributed by atoms with Crippen LogP contribution in [0.2, 0.25) is 0 Å². The van der Waals surface area contributed by atoms with Crippen molar-refractivity contribution in [1.29, 1.82) is 0 Å². The van der Waals surface area contributed by atoms with Crippen LogP contribution >= 0.6 is 0 Å². The number of ether oxygens (including phenoxy) is 1.